The van der Waals surface area contributed by atoms with Crippen LogP contribution in [0, 0.1) is 5.92 Å². The van der Waals surface area contributed by atoms with Crippen LogP contribution < -0.4 is 10.9 Å². The van der Waals surface area contributed by atoms with Gasteiger partial charge < -0.3 is 5.32 Å². The lowest BCUT2D eigenvalue weighted by Crippen LogP contribution is -2.27. The third kappa shape index (κ3) is 3.41. The van der Waals surface area contributed by atoms with Crippen LogP contribution in [0.1, 0.15) is 18.7 Å². The number of hydrogen-bond acceptors (Lipinski definition) is 5. The van der Waals surface area contributed by atoms with Crippen LogP contribution in [-0.2, 0) is 20.0 Å². The largest absolute Gasteiger partial charge is 0.379 e. The molecule has 0 aliphatic heterocycles. The summed E-state index contributed by atoms with van der Waals surface area (Å²) in [5.74, 6) is 1.32. The van der Waals surface area contributed by atoms with Crippen LogP contribution in [0.4, 0.5) is 5.69 Å². The standard InChI is InChI=1S/C13H17ClN6O/c1-19-8-16-11(18-19)4-5-15-12-10(14)6-17-20(13(12)21)7-9-2-3-9/h6,8-9,15H,2-5,7H2,1H3. The number of hydrogen-bond donors (Lipinski definition) is 1. The molecule has 0 spiro atoms. The Morgan fingerprint density at radius 1 is 1.48 bits per heavy atom. The summed E-state index contributed by atoms with van der Waals surface area (Å²) < 4.78 is 3.14. The van der Waals surface area contributed by atoms with Crippen molar-refractivity contribution in [3.05, 3.63) is 33.7 Å². The molecule has 8 heteroatoms. The van der Waals surface area contributed by atoms with E-state index in [0.29, 0.717) is 36.1 Å². The molecule has 1 saturated carbocycles. The van der Waals surface area contributed by atoms with Gasteiger partial charge in [-0.25, -0.2) is 9.67 Å². The summed E-state index contributed by atoms with van der Waals surface area (Å²) in [6, 6.07) is 0. The monoisotopic (exact) mass is 308 g/mol. The summed E-state index contributed by atoms with van der Waals surface area (Å²) in [6.45, 7) is 1.22. The van der Waals surface area contributed by atoms with Gasteiger partial charge in [0, 0.05) is 26.6 Å². The predicted molar refractivity (Wildman–Crippen MR) is 79.4 cm³/mol. The molecule has 0 unspecified atom stereocenters. The van der Waals surface area contributed by atoms with Crippen molar-refractivity contribution in [3.63, 3.8) is 0 Å². The molecule has 21 heavy (non-hydrogen) atoms. The molecule has 1 fully saturated rings. The van der Waals surface area contributed by atoms with Crippen molar-refractivity contribution in [2.75, 3.05) is 11.9 Å². The van der Waals surface area contributed by atoms with Gasteiger partial charge in [-0.05, 0) is 18.8 Å². The average molecular weight is 309 g/mol. The van der Waals surface area contributed by atoms with Crippen LogP contribution in [0.5, 0.6) is 0 Å². The fourth-order valence-electron chi connectivity index (χ4n) is 2.10. The summed E-state index contributed by atoms with van der Waals surface area (Å²) >= 11 is 6.07. The molecule has 0 bridgehead atoms. The van der Waals surface area contributed by atoms with Crippen LogP contribution in [0.2, 0.25) is 5.02 Å². The molecule has 1 aliphatic carbocycles. The van der Waals surface area contributed by atoms with E-state index in [-0.39, 0.29) is 5.56 Å². The van der Waals surface area contributed by atoms with E-state index < -0.39 is 0 Å². The average Bonchev–Trinajstić information content (AvgIpc) is 3.18. The van der Waals surface area contributed by atoms with E-state index in [1.54, 1.807) is 11.0 Å². The van der Waals surface area contributed by atoms with Crippen molar-refractivity contribution in [1.82, 2.24) is 24.5 Å². The van der Waals surface area contributed by atoms with Gasteiger partial charge in [-0.15, -0.1) is 0 Å². The van der Waals surface area contributed by atoms with Crippen LogP contribution in [0.15, 0.2) is 17.3 Å². The number of nitrogens with one attached hydrogen (secondary N) is 1. The number of anilines is 1. The SMILES string of the molecule is Cn1cnc(CCNc2c(Cl)cnn(CC3CC3)c2=O)n1. The van der Waals surface area contributed by atoms with E-state index in [4.69, 9.17) is 11.6 Å². The topological polar surface area (TPSA) is 77.6 Å². The molecule has 2 aromatic heterocycles. The molecular formula is C13H17ClN6O. The van der Waals surface area contributed by atoms with Gasteiger partial charge in [0.1, 0.15) is 12.0 Å². The lowest BCUT2D eigenvalue weighted by molar-refractivity contribution is 0.534. The molecule has 0 saturated heterocycles. The maximum Gasteiger partial charge on any atom is 0.291 e. The van der Waals surface area contributed by atoms with Crippen molar-refractivity contribution in [2.24, 2.45) is 13.0 Å². The number of aryl methyl sites for hydroxylation is 1. The molecule has 0 aromatic carbocycles. The zero-order chi connectivity index (χ0) is 14.8. The van der Waals surface area contributed by atoms with Gasteiger partial charge in [-0.2, -0.15) is 10.2 Å². The van der Waals surface area contributed by atoms with E-state index in [2.05, 4.69) is 20.5 Å². The van der Waals surface area contributed by atoms with Crippen molar-refractivity contribution in [2.45, 2.75) is 25.8 Å². The van der Waals surface area contributed by atoms with Crippen molar-refractivity contribution >= 4 is 17.3 Å². The Kier molecular flexibility index (Phi) is 3.92. The van der Waals surface area contributed by atoms with E-state index in [0.717, 1.165) is 5.82 Å². The Balaban J connectivity index is 1.67. The summed E-state index contributed by atoms with van der Waals surface area (Å²) in [4.78, 5) is 16.5. The predicted octanol–water partition coefficient (Wildman–Crippen LogP) is 1.09. The van der Waals surface area contributed by atoms with Crippen molar-refractivity contribution in [3.8, 4) is 0 Å². The normalized spacial score (nSPS) is 14.4. The third-order valence-electron chi connectivity index (χ3n) is 3.42. The summed E-state index contributed by atoms with van der Waals surface area (Å²) in [6.07, 6.45) is 6.14. The van der Waals surface area contributed by atoms with Crippen molar-refractivity contribution in [1.29, 1.82) is 0 Å². The van der Waals surface area contributed by atoms with Crippen LogP contribution in [-0.4, -0.2) is 31.1 Å². The van der Waals surface area contributed by atoms with Gasteiger partial charge in [-0.3, -0.25) is 9.48 Å². The van der Waals surface area contributed by atoms with Gasteiger partial charge in [0.2, 0.25) is 0 Å². The summed E-state index contributed by atoms with van der Waals surface area (Å²) in [7, 11) is 1.82. The van der Waals surface area contributed by atoms with E-state index >= 15 is 0 Å². The first-order chi connectivity index (χ1) is 10.1. The highest BCUT2D eigenvalue weighted by Gasteiger charge is 2.23. The zero-order valence-electron chi connectivity index (χ0n) is 11.8. The fraction of sp³-hybridized carbons (Fsp3) is 0.538. The molecule has 2 heterocycles. The lowest BCUT2D eigenvalue weighted by Gasteiger charge is -2.09. The second kappa shape index (κ2) is 5.85. The van der Waals surface area contributed by atoms with E-state index in [9.17, 15) is 4.79 Å². The van der Waals surface area contributed by atoms with Gasteiger partial charge in [0.05, 0.1) is 11.2 Å². The minimum atomic E-state index is -0.164. The second-order valence-electron chi connectivity index (χ2n) is 5.31. The maximum atomic E-state index is 12.3. The van der Waals surface area contributed by atoms with Crippen LogP contribution >= 0.6 is 11.6 Å². The summed E-state index contributed by atoms with van der Waals surface area (Å²) in [5, 5.41) is 11.7. The first-order valence-corrected chi connectivity index (χ1v) is 7.35. The minimum absolute atomic E-state index is 0.164. The smallest absolute Gasteiger partial charge is 0.291 e. The first-order valence-electron chi connectivity index (χ1n) is 6.97. The Hall–Kier alpha value is -1.89. The van der Waals surface area contributed by atoms with E-state index in [1.165, 1.54) is 23.7 Å². The number of aromatic nitrogens is 5. The highest BCUT2D eigenvalue weighted by atomic mass is 35.5. The molecule has 0 atom stereocenters. The first kappa shape index (κ1) is 14.1. The quantitative estimate of drug-likeness (QED) is 0.864. The molecule has 112 valence electrons. The highest BCUT2D eigenvalue weighted by molar-refractivity contribution is 6.32. The molecule has 1 aliphatic rings. The molecule has 3 rings (SSSR count). The second-order valence-corrected chi connectivity index (χ2v) is 5.72. The Morgan fingerprint density at radius 2 is 2.29 bits per heavy atom. The summed E-state index contributed by atoms with van der Waals surface area (Å²) in [5.41, 5.74) is 0.242. The van der Waals surface area contributed by atoms with Gasteiger partial charge in [-0.1, -0.05) is 11.6 Å². The number of halogens is 1. The van der Waals surface area contributed by atoms with Gasteiger partial charge in [0.15, 0.2) is 5.82 Å². The number of rotatable bonds is 6. The Morgan fingerprint density at radius 3 is 2.95 bits per heavy atom. The number of nitrogens with zero attached hydrogens (tertiary/aromatic N) is 5. The zero-order valence-corrected chi connectivity index (χ0v) is 12.5. The van der Waals surface area contributed by atoms with E-state index in [1.807, 2.05) is 7.05 Å². The van der Waals surface area contributed by atoms with Gasteiger partial charge >= 0.3 is 0 Å². The molecule has 0 amide bonds. The molecule has 0 radical (unpaired) electrons. The molecule has 1 N–H and O–H groups in total. The molecule has 7 nitrogen and oxygen atoms in total. The molecule has 2 aromatic rings. The Labute approximate surface area is 126 Å². The fourth-order valence-corrected chi connectivity index (χ4v) is 2.29. The van der Waals surface area contributed by atoms with Crippen molar-refractivity contribution < 1.29 is 0 Å². The minimum Gasteiger partial charge on any atom is -0.379 e. The Bertz CT molecular complexity index is 690. The van der Waals surface area contributed by atoms with Crippen LogP contribution in [0.25, 0.3) is 0 Å². The van der Waals surface area contributed by atoms with Crippen LogP contribution in [0.3, 0.4) is 0 Å². The third-order valence-corrected chi connectivity index (χ3v) is 3.71. The maximum absolute atomic E-state index is 12.3. The molecular weight excluding hydrogens is 292 g/mol. The lowest BCUT2D eigenvalue weighted by atomic mass is 10.3. The highest BCUT2D eigenvalue weighted by Crippen LogP contribution is 2.30. The van der Waals surface area contributed by atoms with Gasteiger partial charge in [0.25, 0.3) is 5.56 Å².